The van der Waals surface area contributed by atoms with E-state index in [9.17, 15) is 4.79 Å². The lowest BCUT2D eigenvalue weighted by atomic mass is 10.2. The van der Waals surface area contributed by atoms with E-state index in [2.05, 4.69) is 15.5 Å². The fourth-order valence-electron chi connectivity index (χ4n) is 0.903. The number of carbonyl (C=O) groups excluding carboxylic acids is 1. The maximum absolute atomic E-state index is 11.2. The zero-order valence-electron chi connectivity index (χ0n) is 8.74. The van der Waals surface area contributed by atoms with E-state index in [1.165, 1.54) is 0 Å². The number of aryl methyl sites for hydroxylation is 1. The number of carbonyl (C=O) groups is 1. The van der Waals surface area contributed by atoms with E-state index in [0.717, 1.165) is 11.4 Å². The van der Waals surface area contributed by atoms with Crippen LogP contribution >= 0.6 is 0 Å². The highest BCUT2D eigenvalue weighted by molar-refractivity contribution is 5.77. The number of nitrogens with one attached hydrogen (secondary N) is 1. The van der Waals surface area contributed by atoms with Crippen LogP contribution < -0.4 is 5.32 Å². The molecule has 0 spiro atoms. The van der Waals surface area contributed by atoms with Crippen LogP contribution in [0.25, 0.3) is 0 Å². The minimum absolute atomic E-state index is 0.00778. The lowest BCUT2D eigenvalue weighted by Crippen LogP contribution is -2.27. The summed E-state index contributed by atoms with van der Waals surface area (Å²) in [4.78, 5) is 11.2. The Labute approximate surface area is 83.7 Å². The fraction of sp³-hybridized carbons (Fsp3) is 0.500. The van der Waals surface area contributed by atoms with E-state index in [-0.39, 0.29) is 11.8 Å². The molecule has 0 aliphatic carbocycles. The third-order valence-electron chi connectivity index (χ3n) is 1.82. The predicted octanol–water partition coefficient (Wildman–Crippen LogP) is 1.06. The van der Waals surface area contributed by atoms with Crippen molar-refractivity contribution in [3.8, 4) is 0 Å². The topological polar surface area (TPSA) is 54.9 Å². The SMILES string of the molecule is Cc1ccc(CNC(=O)C(C)C)nn1. The highest BCUT2D eigenvalue weighted by atomic mass is 16.1. The first-order valence-corrected chi connectivity index (χ1v) is 4.66. The average molecular weight is 193 g/mol. The van der Waals surface area contributed by atoms with Gasteiger partial charge in [-0.1, -0.05) is 13.8 Å². The molecule has 0 bridgehead atoms. The van der Waals surface area contributed by atoms with Crippen molar-refractivity contribution in [2.24, 2.45) is 5.92 Å². The molecule has 1 amide bonds. The van der Waals surface area contributed by atoms with Crippen molar-refractivity contribution in [3.05, 3.63) is 23.5 Å². The quantitative estimate of drug-likeness (QED) is 0.780. The number of nitrogens with zero attached hydrogens (tertiary/aromatic N) is 2. The average Bonchev–Trinajstić information content (AvgIpc) is 2.16. The van der Waals surface area contributed by atoms with Gasteiger partial charge in [-0.2, -0.15) is 10.2 Å². The van der Waals surface area contributed by atoms with Crippen LogP contribution in [0.1, 0.15) is 25.2 Å². The van der Waals surface area contributed by atoms with Crippen LogP contribution in [0.15, 0.2) is 12.1 Å². The van der Waals surface area contributed by atoms with E-state index in [1.807, 2.05) is 32.9 Å². The Morgan fingerprint density at radius 2 is 2.14 bits per heavy atom. The van der Waals surface area contributed by atoms with Gasteiger partial charge in [0.15, 0.2) is 0 Å². The van der Waals surface area contributed by atoms with Crippen molar-refractivity contribution in [1.82, 2.24) is 15.5 Å². The number of aromatic nitrogens is 2. The molecule has 0 aliphatic rings. The molecule has 0 radical (unpaired) electrons. The molecule has 0 saturated heterocycles. The minimum atomic E-state index is 0.00778. The van der Waals surface area contributed by atoms with Crippen LogP contribution in [0, 0.1) is 12.8 Å². The second-order valence-electron chi connectivity index (χ2n) is 3.54. The Hall–Kier alpha value is -1.45. The lowest BCUT2D eigenvalue weighted by molar-refractivity contribution is -0.124. The Morgan fingerprint density at radius 1 is 1.43 bits per heavy atom. The molecule has 0 unspecified atom stereocenters. The summed E-state index contributed by atoms with van der Waals surface area (Å²) < 4.78 is 0. The number of rotatable bonds is 3. The van der Waals surface area contributed by atoms with Gasteiger partial charge in [-0.05, 0) is 19.1 Å². The lowest BCUT2D eigenvalue weighted by Gasteiger charge is -2.06. The maximum atomic E-state index is 11.2. The van der Waals surface area contributed by atoms with Crippen molar-refractivity contribution in [2.45, 2.75) is 27.3 Å². The van der Waals surface area contributed by atoms with Gasteiger partial charge < -0.3 is 5.32 Å². The molecule has 1 N–H and O–H groups in total. The number of hydrogen-bond acceptors (Lipinski definition) is 3. The van der Waals surface area contributed by atoms with Crippen molar-refractivity contribution in [2.75, 3.05) is 0 Å². The van der Waals surface area contributed by atoms with Crippen LogP contribution in [-0.4, -0.2) is 16.1 Å². The molecule has 1 aromatic heterocycles. The largest absolute Gasteiger partial charge is 0.350 e. The van der Waals surface area contributed by atoms with Gasteiger partial charge in [0, 0.05) is 5.92 Å². The second kappa shape index (κ2) is 4.69. The molecule has 1 heterocycles. The Morgan fingerprint density at radius 3 is 2.64 bits per heavy atom. The van der Waals surface area contributed by atoms with Gasteiger partial charge >= 0.3 is 0 Å². The van der Waals surface area contributed by atoms with Gasteiger partial charge in [-0.25, -0.2) is 0 Å². The predicted molar refractivity (Wildman–Crippen MR) is 53.5 cm³/mol. The van der Waals surface area contributed by atoms with Crippen molar-refractivity contribution >= 4 is 5.91 Å². The van der Waals surface area contributed by atoms with E-state index in [0.29, 0.717) is 6.54 Å². The summed E-state index contributed by atoms with van der Waals surface area (Å²) >= 11 is 0. The molecule has 4 nitrogen and oxygen atoms in total. The van der Waals surface area contributed by atoms with Crippen LogP contribution in [0.3, 0.4) is 0 Å². The molecule has 0 atom stereocenters. The Kier molecular flexibility index (Phi) is 3.56. The first kappa shape index (κ1) is 10.6. The molecule has 1 aromatic rings. The van der Waals surface area contributed by atoms with Gasteiger partial charge in [-0.15, -0.1) is 0 Å². The van der Waals surface area contributed by atoms with Crippen LogP contribution in [0.4, 0.5) is 0 Å². The van der Waals surface area contributed by atoms with E-state index >= 15 is 0 Å². The normalized spacial score (nSPS) is 10.3. The van der Waals surface area contributed by atoms with Crippen molar-refractivity contribution < 1.29 is 4.79 Å². The molecule has 0 fully saturated rings. The Bertz CT molecular complexity index is 306. The summed E-state index contributed by atoms with van der Waals surface area (Å²) in [5.41, 5.74) is 1.66. The summed E-state index contributed by atoms with van der Waals surface area (Å²) in [7, 11) is 0. The standard InChI is InChI=1S/C10H15N3O/c1-7(2)10(14)11-6-9-5-4-8(3)12-13-9/h4-5,7H,6H2,1-3H3,(H,11,14). The fourth-order valence-corrected chi connectivity index (χ4v) is 0.903. The molecule has 0 saturated carbocycles. The van der Waals surface area contributed by atoms with Gasteiger partial charge in [0.2, 0.25) is 5.91 Å². The van der Waals surface area contributed by atoms with Gasteiger partial charge in [0.1, 0.15) is 0 Å². The molecule has 76 valence electrons. The molecular formula is C10H15N3O. The van der Waals surface area contributed by atoms with E-state index < -0.39 is 0 Å². The van der Waals surface area contributed by atoms with Crippen molar-refractivity contribution in [1.29, 1.82) is 0 Å². The third-order valence-corrected chi connectivity index (χ3v) is 1.82. The van der Waals surface area contributed by atoms with Crippen LogP contribution in [-0.2, 0) is 11.3 Å². The Balaban J connectivity index is 2.46. The number of hydrogen-bond donors (Lipinski definition) is 1. The monoisotopic (exact) mass is 193 g/mol. The van der Waals surface area contributed by atoms with Crippen LogP contribution in [0.5, 0.6) is 0 Å². The summed E-state index contributed by atoms with van der Waals surface area (Å²) in [6.07, 6.45) is 0. The van der Waals surface area contributed by atoms with Gasteiger partial charge in [0.05, 0.1) is 17.9 Å². The highest BCUT2D eigenvalue weighted by Gasteiger charge is 2.05. The molecule has 4 heteroatoms. The number of amides is 1. The van der Waals surface area contributed by atoms with E-state index in [4.69, 9.17) is 0 Å². The van der Waals surface area contributed by atoms with Crippen LogP contribution in [0.2, 0.25) is 0 Å². The summed E-state index contributed by atoms with van der Waals surface area (Å²) in [5.74, 6) is 0.0424. The first-order chi connectivity index (χ1) is 6.59. The molecule has 0 aromatic carbocycles. The third kappa shape index (κ3) is 3.12. The molecule has 14 heavy (non-hydrogen) atoms. The second-order valence-corrected chi connectivity index (χ2v) is 3.54. The summed E-state index contributed by atoms with van der Waals surface area (Å²) in [6, 6.07) is 3.74. The van der Waals surface area contributed by atoms with Crippen molar-refractivity contribution in [3.63, 3.8) is 0 Å². The first-order valence-electron chi connectivity index (χ1n) is 4.66. The van der Waals surface area contributed by atoms with Gasteiger partial charge in [0.25, 0.3) is 0 Å². The van der Waals surface area contributed by atoms with Gasteiger partial charge in [-0.3, -0.25) is 4.79 Å². The molecule has 1 rings (SSSR count). The zero-order valence-corrected chi connectivity index (χ0v) is 8.74. The minimum Gasteiger partial charge on any atom is -0.350 e. The zero-order chi connectivity index (χ0) is 10.6. The summed E-state index contributed by atoms with van der Waals surface area (Å²) in [6.45, 7) is 6.04. The highest BCUT2D eigenvalue weighted by Crippen LogP contribution is 1.96. The maximum Gasteiger partial charge on any atom is 0.222 e. The summed E-state index contributed by atoms with van der Waals surface area (Å²) in [5, 5.41) is 10.6. The molecule has 0 aliphatic heterocycles. The smallest absolute Gasteiger partial charge is 0.222 e. The molecular weight excluding hydrogens is 178 g/mol. The van der Waals surface area contributed by atoms with E-state index in [1.54, 1.807) is 0 Å².